The van der Waals surface area contributed by atoms with Crippen LogP contribution >= 0.6 is 24.0 Å². The quantitative estimate of drug-likeness (QED) is 0.336. The topological polar surface area (TPSA) is 66.4 Å². The van der Waals surface area contributed by atoms with Gasteiger partial charge in [0.1, 0.15) is 0 Å². The predicted octanol–water partition coefficient (Wildman–Crippen LogP) is 2.10. The van der Waals surface area contributed by atoms with Crippen LogP contribution in [-0.4, -0.2) is 86.9 Å². The van der Waals surface area contributed by atoms with Crippen LogP contribution in [0.25, 0.3) is 0 Å². The zero-order chi connectivity index (χ0) is 19.8. The van der Waals surface area contributed by atoms with Crippen LogP contribution in [0.5, 0.6) is 0 Å². The largest absolute Gasteiger partial charge is 0.378 e. The molecule has 5 rings (SSSR count). The van der Waals surface area contributed by atoms with Crippen molar-refractivity contribution in [1.82, 2.24) is 15.1 Å². The molecular formula is C22H37IN4O3. The molecule has 3 saturated heterocycles. The molecule has 0 radical (unpaired) electrons. The van der Waals surface area contributed by atoms with Crippen LogP contribution in [0, 0.1) is 17.3 Å². The van der Waals surface area contributed by atoms with Crippen LogP contribution in [0.3, 0.4) is 0 Å². The highest BCUT2D eigenvalue weighted by Crippen LogP contribution is 2.60. The molecule has 3 atom stereocenters. The number of piperidine rings is 1. The Balaban J connectivity index is 0.00000218. The van der Waals surface area contributed by atoms with Crippen LogP contribution in [0.2, 0.25) is 0 Å². The van der Waals surface area contributed by atoms with Gasteiger partial charge in [-0.1, -0.05) is 12.8 Å². The number of halogens is 1. The van der Waals surface area contributed by atoms with Crippen LogP contribution in [-0.2, 0) is 14.3 Å². The van der Waals surface area contributed by atoms with Gasteiger partial charge < -0.3 is 24.6 Å². The Morgan fingerprint density at radius 1 is 1.00 bits per heavy atom. The lowest BCUT2D eigenvalue weighted by molar-refractivity contribution is -0.141. The van der Waals surface area contributed by atoms with E-state index >= 15 is 0 Å². The van der Waals surface area contributed by atoms with Crippen molar-refractivity contribution >= 4 is 35.8 Å². The highest BCUT2D eigenvalue weighted by atomic mass is 127. The molecule has 1 amide bonds. The molecule has 170 valence electrons. The fourth-order valence-electron chi connectivity index (χ4n) is 6.72. The van der Waals surface area contributed by atoms with Gasteiger partial charge in [-0.3, -0.25) is 9.79 Å². The van der Waals surface area contributed by atoms with Crippen molar-refractivity contribution in [3.8, 4) is 0 Å². The SMILES string of the molecule is CN=C(NC1C2CCOC2C12CCCC2)N1CCC(C(=O)N2CCOCC2)CC1.I. The van der Waals surface area contributed by atoms with Gasteiger partial charge in [-0.05, 0) is 32.1 Å². The van der Waals surface area contributed by atoms with Gasteiger partial charge in [0.05, 0.1) is 19.3 Å². The van der Waals surface area contributed by atoms with E-state index in [1.54, 1.807) is 0 Å². The summed E-state index contributed by atoms with van der Waals surface area (Å²) in [4.78, 5) is 21.8. The highest BCUT2D eigenvalue weighted by molar-refractivity contribution is 14.0. The molecular weight excluding hydrogens is 495 g/mol. The van der Waals surface area contributed by atoms with Gasteiger partial charge in [0.15, 0.2) is 5.96 Å². The van der Waals surface area contributed by atoms with Crippen molar-refractivity contribution in [2.45, 2.75) is 57.1 Å². The second kappa shape index (κ2) is 9.48. The zero-order valence-electron chi connectivity index (χ0n) is 18.2. The number of morpholine rings is 1. The van der Waals surface area contributed by atoms with Gasteiger partial charge in [-0.2, -0.15) is 0 Å². The van der Waals surface area contributed by atoms with Gasteiger partial charge in [0.25, 0.3) is 0 Å². The van der Waals surface area contributed by atoms with Crippen molar-refractivity contribution < 1.29 is 14.3 Å². The van der Waals surface area contributed by atoms with Gasteiger partial charge in [0, 0.05) is 63.1 Å². The minimum absolute atomic E-state index is 0. The second-order valence-corrected chi connectivity index (χ2v) is 9.55. The number of fused-ring (bicyclic) bond motifs is 2. The Morgan fingerprint density at radius 2 is 1.70 bits per heavy atom. The number of ether oxygens (including phenoxy) is 2. The van der Waals surface area contributed by atoms with Crippen molar-refractivity contribution in [2.24, 2.45) is 22.2 Å². The van der Waals surface area contributed by atoms with E-state index in [0.29, 0.717) is 42.6 Å². The summed E-state index contributed by atoms with van der Waals surface area (Å²) < 4.78 is 11.5. The molecule has 0 aromatic rings. The Hall–Kier alpha value is -0.610. The molecule has 1 N–H and O–H groups in total. The maximum atomic E-state index is 12.8. The summed E-state index contributed by atoms with van der Waals surface area (Å²) >= 11 is 0. The lowest BCUT2D eigenvalue weighted by Gasteiger charge is -2.57. The van der Waals surface area contributed by atoms with E-state index in [1.807, 2.05) is 11.9 Å². The number of amides is 1. The number of carbonyl (C=O) groups excluding carboxylic acids is 1. The van der Waals surface area contributed by atoms with Crippen LogP contribution in [0.15, 0.2) is 4.99 Å². The lowest BCUT2D eigenvalue weighted by atomic mass is 9.54. The zero-order valence-corrected chi connectivity index (χ0v) is 20.5. The van der Waals surface area contributed by atoms with E-state index in [9.17, 15) is 4.79 Å². The number of hydrogen-bond donors (Lipinski definition) is 1. The average molecular weight is 532 g/mol. The number of aliphatic imine (C=N–C) groups is 1. The normalized spacial score (nSPS) is 33.8. The van der Waals surface area contributed by atoms with Crippen molar-refractivity contribution in [1.29, 1.82) is 0 Å². The Bertz CT molecular complexity index is 640. The third kappa shape index (κ3) is 3.85. The molecule has 8 heteroatoms. The third-order valence-electron chi connectivity index (χ3n) is 8.25. The van der Waals surface area contributed by atoms with Gasteiger partial charge in [-0.25, -0.2) is 0 Å². The molecule has 1 spiro atoms. The monoisotopic (exact) mass is 532 g/mol. The number of nitrogens with one attached hydrogen (secondary N) is 1. The summed E-state index contributed by atoms with van der Waals surface area (Å²) in [5.41, 5.74) is 0.335. The van der Waals surface area contributed by atoms with E-state index in [4.69, 9.17) is 9.47 Å². The smallest absolute Gasteiger partial charge is 0.225 e. The number of hydrogen-bond acceptors (Lipinski definition) is 4. The molecule has 7 nitrogen and oxygen atoms in total. The van der Waals surface area contributed by atoms with Gasteiger partial charge in [0.2, 0.25) is 5.91 Å². The Labute approximate surface area is 197 Å². The lowest BCUT2D eigenvalue weighted by Crippen LogP contribution is -2.69. The number of likely N-dealkylation sites (tertiary alicyclic amines) is 1. The summed E-state index contributed by atoms with van der Waals surface area (Å²) in [5, 5.41) is 3.87. The predicted molar refractivity (Wildman–Crippen MR) is 126 cm³/mol. The summed E-state index contributed by atoms with van der Waals surface area (Å²) in [6.07, 6.45) is 8.73. The Morgan fingerprint density at radius 3 is 2.37 bits per heavy atom. The van der Waals surface area contributed by atoms with E-state index in [2.05, 4.69) is 15.2 Å². The maximum absolute atomic E-state index is 12.8. The first-order chi connectivity index (χ1) is 14.2. The second-order valence-electron chi connectivity index (χ2n) is 9.55. The average Bonchev–Trinajstić information content (AvgIpc) is 3.44. The summed E-state index contributed by atoms with van der Waals surface area (Å²) in [6, 6.07) is 0.504. The van der Waals surface area contributed by atoms with Crippen molar-refractivity contribution in [3.05, 3.63) is 0 Å². The summed E-state index contributed by atoms with van der Waals surface area (Å²) in [5.74, 6) is 2.15. The van der Waals surface area contributed by atoms with Crippen LogP contribution in [0.1, 0.15) is 44.9 Å². The van der Waals surface area contributed by atoms with Crippen LogP contribution in [0.4, 0.5) is 0 Å². The molecule has 0 bridgehead atoms. The molecule has 0 aromatic carbocycles. The summed E-state index contributed by atoms with van der Waals surface area (Å²) in [6.45, 7) is 5.58. The van der Waals surface area contributed by atoms with E-state index in [-0.39, 0.29) is 29.9 Å². The maximum Gasteiger partial charge on any atom is 0.225 e. The van der Waals surface area contributed by atoms with Gasteiger partial charge in [-0.15, -0.1) is 24.0 Å². The Kier molecular flexibility index (Phi) is 7.14. The minimum Gasteiger partial charge on any atom is -0.378 e. The molecule has 3 unspecified atom stereocenters. The van der Waals surface area contributed by atoms with E-state index in [1.165, 1.54) is 32.1 Å². The molecule has 5 aliphatic rings. The first-order valence-corrected chi connectivity index (χ1v) is 11.7. The molecule has 3 heterocycles. The highest BCUT2D eigenvalue weighted by Gasteiger charge is 2.65. The standard InChI is InChI=1S/C22H36N4O3.HI/c1-23-21(24-18-17-6-13-29-19(17)22(18)7-2-3-8-22)26-9-4-16(5-10-26)20(27)25-11-14-28-15-12-25;/h16-19H,2-15H2,1H3,(H,23,24);1H. The van der Waals surface area contributed by atoms with E-state index < -0.39 is 0 Å². The number of nitrogens with zero attached hydrogens (tertiary/aromatic N) is 3. The molecule has 5 fully saturated rings. The summed E-state index contributed by atoms with van der Waals surface area (Å²) in [7, 11) is 1.90. The minimum atomic E-state index is 0. The first-order valence-electron chi connectivity index (χ1n) is 11.7. The number of guanidine groups is 1. The third-order valence-corrected chi connectivity index (χ3v) is 8.25. The van der Waals surface area contributed by atoms with Gasteiger partial charge >= 0.3 is 0 Å². The first kappa shape index (κ1) is 22.6. The number of carbonyl (C=O) groups is 1. The van der Waals surface area contributed by atoms with Crippen molar-refractivity contribution in [3.63, 3.8) is 0 Å². The fourth-order valence-corrected chi connectivity index (χ4v) is 6.72. The fraction of sp³-hybridized carbons (Fsp3) is 0.909. The van der Waals surface area contributed by atoms with Crippen molar-refractivity contribution in [2.75, 3.05) is 53.0 Å². The van der Waals surface area contributed by atoms with E-state index in [0.717, 1.165) is 51.6 Å². The molecule has 0 aromatic heterocycles. The molecule has 2 saturated carbocycles. The molecule has 30 heavy (non-hydrogen) atoms. The van der Waals surface area contributed by atoms with Crippen LogP contribution < -0.4 is 5.32 Å². The number of rotatable bonds is 2. The molecule has 2 aliphatic carbocycles. The molecule has 3 aliphatic heterocycles.